The number of aryl methyl sites for hydroxylation is 1. The second-order valence-electron chi connectivity index (χ2n) is 4.40. The van der Waals surface area contributed by atoms with Gasteiger partial charge in [-0.05, 0) is 30.2 Å². The van der Waals surface area contributed by atoms with E-state index < -0.39 is 5.82 Å². The maximum atomic E-state index is 13.6. The molecule has 98 valence electrons. The van der Waals surface area contributed by atoms with E-state index in [0.29, 0.717) is 10.6 Å². The lowest BCUT2D eigenvalue weighted by molar-refractivity contribution is 0.103. The fourth-order valence-electron chi connectivity index (χ4n) is 1.94. The number of carbonyl (C=O) groups excluding carboxylic acids is 1. The van der Waals surface area contributed by atoms with Gasteiger partial charge >= 0.3 is 0 Å². The molecule has 0 aliphatic rings. The van der Waals surface area contributed by atoms with Crippen LogP contribution in [-0.2, 0) is 6.42 Å². The van der Waals surface area contributed by atoms with Crippen LogP contribution in [0.4, 0.5) is 4.39 Å². The normalized spacial score (nSPS) is 10.5. The van der Waals surface area contributed by atoms with E-state index in [1.807, 2.05) is 12.1 Å². The summed E-state index contributed by atoms with van der Waals surface area (Å²) in [6, 6.07) is 11.3. The van der Waals surface area contributed by atoms with Crippen molar-refractivity contribution in [1.82, 2.24) is 0 Å². The summed E-state index contributed by atoms with van der Waals surface area (Å²) in [6.07, 6.45) is 2.02. The Labute approximate surface area is 117 Å². The Morgan fingerprint density at radius 2 is 1.84 bits per heavy atom. The van der Waals surface area contributed by atoms with Crippen LogP contribution in [0.15, 0.2) is 42.5 Å². The third-order valence-electron chi connectivity index (χ3n) is 2.93. The SMILES string of the molecule is CCCc1ccc(C(=O)c2cc(Cl)ccc2F)cc1. The van der Waals surface area contributed by atoms with Crippen molar-refractivity contribution in [3.8, 4) is 0 Å². The molecule has 0 saturated carbocycles. The Morgan fingerprint density at radius 3 is 2.47 bits per heavy atom. The Balaban J connectivity index is 2.30. The highest BCUT2D eigenvalue weighted by atomic mass is 35.5. The van der Waals surface area contributed by atoms with Crippen LogP contribution in [0, 0.1) is 5.82 Å². The first kappa shape index (κ1) is 13.8. The first-order chi connectivity index (χ1) is 9.11. The van der Waals surface area contributed by atoms with Crippen LogP contribution in [0.1, 0.15) is 34.8 Å². The summed E-state index contributed by atoms with van der Waals surface area (Å²) in [5.74, 6) is -0.893. The van der Waals surface area contributed by atoms with E-state index in [-0.39, 0.29) is 11.3 Å². The van der Waals surface area contributed by atoms with Gasteiger partial charge in [-0.15, -0.1) is 0 Å². The summed E-state index contributed by atoms with van der Waals surface area (Å²) in [5.41, 5.74) is 1.65. The third kappa shape index (κ3) is 3.21. The van der Waals surface area contributed by atoms with Gasteiger partial charge in [0, 0.05) is 10.6 Å². The number of rotatable bonds is 4. The van der Waals surface area contributed by atoms with Crippen molar-refractivity contribution in [3.05, 3.63) is 70.0 Å². The average molecular weight is 277 g/mol. The molecule has 0 heterocycles. The Bertz CT molecular complexity index is 590. The van der Waals surface area contributed by atoms with Crippen molar-refractivity contribution in [2.45, 2.75) is 19.8 Å². The monoisotopic (exact) mass is 276 g/mol. The molecule has 0 bridgehead atoms. The number of carbonyl (C=O) groups is 1. The molecule has 0 saturated heterocycles. The topological polar surface area (TPSA) is 17.1 Å². The smallest absolute Gasteiger partial charge is 0.196 e. The van der Waals surface area contributed by atoms with Crippen LogP contribution in [0.25, 0.3) is 0 Å². The molecule has 0 unspecified atom stereocenters. The van der Waals surface area contributed by atoms with Crippen LogP contribution in [0.5, 0.6) is 0 Å². The average Bonchev–Trinajstić information content (AvgIpc) is 2.42. The van der Waals surface area contributed by atoms with E-state index >= 15 is 0 Å². The quantitative estimate of drug-likeness (QED) is 0.742. The van der Waals surface area contributed by atoms with E-state index in [4.69, 9.17) is 11.6 Å². The second-order valence-corrected chi connectivity index (χ2v) is 4.84. The molecule has 0 amide bonds. The maximum absolute atomic E-state index is 13.6. The van der Waals surface area contributed by atoms with Crippen molar-refractivity contribution in [2.24, 2.45) is 0 Å². The van der Waals surface area contributed by atoms with Gasteiger partial charge in [0.15, 0.2) is 5.78 Å². The lowest BCUT2D eigenvalue weighted by Crippen LogP contribution is -2.04. The molecule has 2 aromatic rings. The second kappa shape index (κ2) is 5.98. The molecule has 3 heteroatoms. The van der Waals surface area contributed by atoms with Gasteiger partial charge in [-0.2, -0.15) is 0 Å². The van der Waals surface area contributed by atoms with Crippen LogP contribution >= 0.6 is 11.6 Å². The highest BCUT2D eigenvalue weighted by Gasteiger charge is 2.14. The number of halogens is 2. The molecule has 2 rings (SSSR count). The summed E-state index contributed by atoms with van der Waals surface area (Å²) in [7, 11) is 0. The molecule has 1 nitrogen and oxygen atoms in total. The molecule has 0 N–H and O–H groups in total. The summed E-state index contributed by atoms with van der Waals surface area (Å²) in [4.78, 5) is 12.2. The van der Waals surface area contributed by atoms with Crippen LogP contribution < -0.4 is 0 Å². The van der Waals surface area contributed by atoms with Gasteiger partial charge in [-0.25, -0.2) is 4.39 Å². The number of hydrogen-bond donors (Lipinski definition) is 0. The summed E-state index contributed by atoms with van der Waals surface area (Å²) >= 11 is 5.80. The molecule has 2 aromatic carbocycles. The fourth-order valence-corrected chi connectivity index (χ4v) is 2.11. The lowest BCUT2D eigenvalue weighted by Gasteiger charge is -2.05. The van der Waals surface area contributed by atoms with Crippen LogP contribution in [-0.4, -0.2) is 5.78 Å². The van der Waals surface area contributed by atoms with Gasteiger partial charge in [0.25, 0.3) is 0 Å². The molecule has 0 aliphatic carbocycles. The molecule has 0 fully saturated rings. The Hall–Kier alpha value is -1.67. The van der Waals surface area contributed by atoms with Gasteiger partial charge in [0.1, 0.15) is 5.82 Å². The van der Waals surface area contributed by atoms with Crippen LogP contribution in [0.3, 0.4) is 0 Å². The fraction of sp³-hybridized carbons (Fsp3) is 0.188. The zero-order chi connectivity index (χ0) is 13.8. The van der Waals surface area contributed by atoms with Crippen LogP contribution in [0.2, 0.25) is 5.02 Å². The number of hydrogen-bond acceptors (Lipinski definition) is 1. The van der Waals surface area contributed by atoms with E-state index in [0.717, 1.165) is 12.8 Å². The van der Waals surface area contributed by atoms with Gasteiger partial charge in [0.2, 0.25) is 0 Å². The molecular formula is C16H14ClFO. The minimum Gasteiger partial charge on any atom is -0.288 e. The Kier molecular flexibility index (Phi) is 4.33. The van der Waals surface area contributed by atoms with Gasteiger partial charge in [0.05, 0.1) is 5.56 Å². The standard InChI is InChI=1S/C16H14ClFO/c1-2-3-11-4-6-12(7-5-11)16(19)14-10-13(17)8-9-15(14)18/h4-10H,2-3H2,1H3. The summed E-state index contributed by atoms with van der Waals surface area (Å²) in [5, 5.41) is 0.354. The maximum Gasteiger partial charge on any atom is 0.196 e. The summed E-state index contributed by atoms with van der Waals surface area (Å²) < 4.78 is 13.6. The van der Waals surface area contributed by atoms with Crippen molar-refractivity contribution in [1.29, 1.82) is 0 Å². The van der Waals surface area contributed by atoms with E-state index in [1.165, 1.54) is 23.8 Å². The largest absolute Gasteiger partial charge is 0.288 e. The minimum atomic E-state index is -0.549. The lowest BCUT2D eigenvalue weighted by atomic mass is 10.0. The zero-order valence-corrected chi connectivity index (χ0v) is 11.4. The first-order valence-electron chi connectivity index (χ1n) is 6.20. The van der Waals surface area contributed by atoms with Gasteiger partial charge in [-0.1, -0.05) is 49.2 Å². The molecule has 0 aliphatic heterocycles. The highest BCUT2D eigenvalue weighted by Crippen LogP contribution is 2.19. The highest BCUT2D eigenvalue weighted by molar-refractivity contribution is 6.31. The molecule has 0 spiro atoms. The van der Waals surface area contributed by atoms with E-state index in [9.17, 15) is 9.18 Å². The van der Waals surface area contributed by atoms with Crippen molar-refractivity contribution >= 4 is 17.4 Å². The van der Waals surface area contributed by atoms with E-state index in [2.05, 4.69) is 6.92 Å². The van der Waals surface area contributed by atoms with Crippen molar-refractivity contribution in [3.63, 3.8) is 0 Å². The third-order valence-corrected chi connectivity index (χ3v) is 3.16. The van der Waals surface area contributed by atoms with Crippen molar-refractivity contribution in [2.75, 3.05) is 0 Å². The molecule has 0 atom stereocenters. The number of benzene rings is 2. The van der Waals surface area contributed by atoms with Gasteiger partial charge in [-0.3, -0.25) is 4.79 Å². The molecule has 19 heavy (non-hydrogen) atoms. The first-order valence-corrected chi connectivity index (χ1v) is 6.58. The molecule has 0 radical (unpaired) electrons. The van der Waals surface area contributed by atoms with Gasteiger partial charge < -0.3 is 0 Å². The van der Waals surface area contributed by atoms with Crippen molar-refractivity contribution < 1.29 is 9.18 Å². The predicted octanol–water partition coefficient (Wildman–Crippen LogP) is 4.66. The number of ketones is 1. The predicted molar refractivity (Wildman–Crippen MR) is 75.3 cm³/mol. The van der Waals surface area contributed by atoms with E-state index in [1.54, 1.807) is 12.1 Å². The minimum absolute atomic E-state index is 0.00995. The summed E-state index contributed by atoms with van der Waals surface area (Å²) in [6.45, 7) is 2.10. The molecular weight excluding hydrogens is 263 g/mol. The Morgan fingerprint density at radius 1 is 1.16 bits per heavy atom. The molecule has 0 aromatic heterocycles. The zero-order valence-electron chi connectivity index (χ0n) is 10.6.